The summed E-state index contributed by atoms with van der Waals surface area (Å²) in [5, 5.41) is 13.0. The molecular formula is C14H14N4O2. The molecule has 0 spiro atoms. The number of carboxylic acids is 1. The fourth-order valence-corrected chi connectivity index (χ4v) is 1.74. The van der Waals surface area contributed by atoms with Crippen molar-refractivity contribution in [3.8, 4) is 0 Å². The highest BCUT2D eigenvalue weighted by Gasteiger charge is 2.06. The van der Waals surface area contributed by atoms with Crippen molar-refractivity contribution in [1.82, 2.24) is 9.97 Å². The molecule has 1 aromatic carbocycles. The first-order chi connectivity index (χ1) is 9.56. The second kappa shape index (κ2) is 5.92. The average molecular weight is 270 g/mol. The van der Waals surface area contributed by atoms with Gasteiger partial charge in [-0.1, -0.05) is 18.2 Å². The Labute approximate surface area is 116 Å². The van der Waals surface area contributed by atoms with Crippen molar-refractivity contribution in [2.75, 3.05) is 5.43 Å². The second-order valence-corrected chi connectivity index (χ2v) is 4.24. The number of carboxylic acid groups (broad SMARTS) is 1. The van der Waals surface area contributed by atoms with Crippen molar-refractivity contribution in [3.63, 3.8) is 0 Å². The molecule has 0 radical (unpaired) electrons. The number of aromatic carboxylic acids is 1. The van der Waals surface area contributed by atoms with E-state index in [1.165, 1.54) is 12.3 Å². The third-order valence-electron chi connectivity index (χ3n) is 2.54. The van der Waals surface area contributed by atoms with Crippen LogP contribution in [0.4, 0.5) is 5.95 Å². The molecule has 0 aliphatic heterocycles. The lowest BCUT2D eigenvalue weighted by molar-refractivity contribution is 0.0697. The molecule has 0 bridgehead atoms. The van der Waals surface area contributed by atoms with E-state index in [2.05, 4.69) is 20.5 Å². The van der Waals surface area contributed by atoms with Crippen LogP contribution in [0.25, 0.3) is 0 Å². The molecule has 2 rings (SSSR count). The average Bonchev–Trinajstić information content (AvgIpc) is 2.38. The minimum Gasteiger partial charge on any atom is -0.478 e. The Morgan fingerprint density at radius 2 is 1.90 bits per heavy atom. The first-order valence-corrected chi connectivity index (χ1v) is 6.00. The van der Waals surface area contributed by atoms with Crippen molar-refractivity contribution in [2.45, 2.75) is 13.8 Å². The van der Waals surface area contributed by atoms with Gasteiger partial charge in [0, 0.05) is 17.0 Å². The van der Waals surface area contributed by atoms with Crippen LogP contribution in [0.3, 0.4) is 0 Å². The van der Waals surface area contributed by atoms with E-state index in [-0.39, 0.29) is 5.56 Å². The van der Waals surface area contributed by atoms with Gasteiger partial charge in [0.15, 0.2) is 0 Å². The van der Waals surface area contributed by atoms with E-state index in [0.717, 1.165) is 11.4 Å². The van der Waals surface area contributed by atoms with Crippen LogP contribution in [0.5, 0.6) is 0 Å². The monoisotopic (exact) mass is 270 g/mol. The number of aryl methyl sites for hydroxylation is 2. The summed E-state index contributed by atoms with van der Waals surface area (Å²) in [7, 11) is 0. The molecule has 20 heavy (non-hydrogen) atoms. The number of benzene rings is 1. The minimum atomic E-state index is -0.991. The van der Waals surface area contributed by atoms with E-state index >= 15 is 0 Å². The molecule has 0 amide bonds. The molecule has 6 heteroatoms. The molecule has 0 saturated carbocycles. The number of aromatic nitrogens is 2. The van der Waals surface area contributed by atoms with Gasteiger partial charge in [0.1, 0.15) is 0 Å². The number of hydrogen-bond acceptors (Lipinski definition) is 5. The Balaban J connectivity index is 2.16. The van der Waals surface area contributed by atoms with Gasteiger partial charge in [-0.25, -0.2) is 20.2 Å². The number of carbonyl (C=O) groups is 1. The molecule has 102 valence electrons. The normalized spacial score (nSPS) is 10.7. The van der Waals surface area contributed by atoms with Crippen molar-refractivity contribution >= 4 is 18.1 Å². The van der Waals surface area contributed by atoms with Crippen LogP contribution in [0.2, 0.25) is 0 Å². The van der Waals surface area contributed by atoms with Crippen LogP contribution in [-0.4, -0.2) is 27.3 Å². The van der Waals surface area contributed by atoms with Crippen molar-refractivity contribution in [3.05, 3.63) is 52.8 Å². The summed E-state index contributed by atoms with van der Waals surface area (Å²) in [6.45, 7) is 3.73. The zero-order valence-electron chi connectivity index (χ0n) is 11.2. The third kappa shape index (κ3) is 3.38. The highest BCUT2D eigenvalue weighted by molar-refractivity contribution is 5.98. The summed E-state index contributed by atoms with van der Waals surface area (Å²) in [6, 6.07) is 8.48. The molecule has 0 unspecified atom stereocenters. The quantitative estimate of drug-likeness (QED) is 0.657. The molecule has 1 aromatic heterocycles. The fraction of sp³-hybridized carbons (Fsp3) is 0.143. The van der Waals surface area contributed by atoms with Gasteiger partial charge in [-0.15, -0.1) is 0 Å². The zero-order chi connectivity index (χ0) is 14.5. The molecule has 0 saturated heterocycles. The van der Waals surface area contributed by atoms with E-state index in [1.54, 1.807) is 18.2 Å². The maximum atomic E-state index is 11.0. The summed E-state index contributed by atoms with van der Waals surface area (Å²) in [6.07, 6.45) is 1.44. The molecule has 1 heterocycles. The molecule has 6 nitrogen and oxygen atoms in total. The van der Waals surface area contributed by atoms with E-state index < -0.39 is 5.97 Å². The maximum absolute atomic E-state index is 11.0. The lowest BCUT2D eigenvalue weighted by Gasteiger charge is -2.02. The van der Waals surface area contributed by atoms with Gasteiger partial charge in [-0.05, 0) is 26.0 Å². The van der Waals surface area contributed by atoms with Crippen molar-refractivity contribution < 1.29 is 9.90 Å². The predicted molar refractivity (Wildman–Crippen MR) is 76.1 cm³/mol. The first kappa shape index (κ1) is 13.7. The molecule has 2 aromatic rings. The number of hydrazone groups is 1. The molecule has 2 N–H and O–H groups in total. The number of hydrogen-bond donors (Lipinski definition) is 2. The summed E-state index contributed by atoms with van der Waals surface area (Å²) in [5.74, 6) is -0.610. The number of nitrogens with one attached hydrogen (secondary N) is 1. The van der Waals surface area contributed by atoms with Crippen LogP contribution in [-0.2, 0) is 0 Å². The van der Waals surface area contributed by atoms with Gasteiger partial charge in [0.05, 0.1) is 11.8 Å². The SMILES string of the molecule is Cc1cc(C)nc(NN=Cc2ccccc2C(=O)O)n1. The van der Waals surface area contributed by atoms with Gasteiger partial charge in [-0.3, -0.25) is 0 Å². The molecule has 0 aliphatic carbocycles. The largest absolute Gasteiger partial charge is 0.478 e. The standard InChI is InChI=1S/C14H14N4O2/c1-9-7-10(2)17-14(16-9)18-15-8-11-5-3-4-6-12(11)13(19)20/h3-8H,1-2H3,(H,19,20)(H,16,17,18). The van der Waals surface area contributed by atoms with Gasteiger partial charge < -0.3 is 5.11 Å². The lowest BCUT2D eigenvalue weighted by atomic mass is 10.1. The first-order valence-electron chi connectivity index (χ1n) is 6.00. The van der Waals surface area contributed by atoms with Gasteiger partial charge in [-0.2, -0.15) is 5.10 Å². The number of nitrogens with zero attached hydrogens (tertiary/aromatic N) is 3. The van der Waals surface area contributed by atoms with E-state index in [0.29, 0.717) is 11.5 Å². The van der Waals surface area contributed by atoms with Crippen LogP contribution < -0.4 is 5.43 Å². The number of rotatable bonds is 4. The maximum Gasteiger partial charge on any atom is 0.336 e. The Morgan fingerprint density at radius 3 is 2.55 bits per heavy atom. The Bertz CT molecular complexity index is 648. The Morgan fingerprint density at radius 1 is 1.25 bits per heavy atom. The lowest BCUT2D eigenvalue weighted by Crippen LogP contribution is -2.03. The second-order valence-electron chi connectivity index (χ2n) is 4.24. The zero-order valence-corrected chi connectivity index (χ0v) is 11.2. The summed E-state index contributed by atoms with van der Waals surface area (Å²) in [4.78, 5) is 19.4. The topological polar surface area (TPSA) is 87.5 Å². The summed E-state index contributed by atoms with van der Waals surface area (Å²) >= 11 is 0. The fourth-order valence-electron chi connectivity index (χ4n) is 1.74. The van der Waals surface area contributed by atoms with E-state index in [1.807, 2.05) is 19.9 Å². The van der Waals surface area contributed by atoms with E-state index in [9.17, 15) is 4.79 Å². The molecule has 0 fully saturated rings. The Kier molecular flexibility index (Phi) is 4.05. The number of anilines is 1. The highest BCUT2D eigenvalue weighted by Crippen LogP contribution is 2.07. The van der Waals surface area contributed by atoms with Crippen LogP contribution in [0, 0.1) is 13.8 Å². The smallest absolute Gasteiger partial charge is 0.336 e. The van der Waals surface area contributed by atoms with Crippen molar-refractivity contribution in [2.24, 2.45) is 5.10 Å². The predicted octanol–water partition coefficient (Wildman–Crippen LogP) is 2.24. The Hall–Kier alpha value is -2.76. The minimum absolute atomic E-state index is 0.194. The summed E-state index contributed by atoms with van der Waals surface area (Å²) < 4.78 is 0. The molecule has 0 atom stereocenters. The molecule has 0 aliphatic rings. The van der Waals surface area contributed by atoms with E-state index in [4.69, 9.17) is 5.11 Å². The van der Waals surface area contributed by atoms with Gasteiger partial charge in [0.25, 0.3) is 0 Å². The third-order valence-corrected chi connectivity index (χ3v) is 2.54. The van der Waals surface area contributed by atoms with Crippen LogP contribution in [0.1, 0.15) is 27.3 Å². The molecular weight excluding hydrogens is 256 g/mol. The highest BCUT2D eigenvalue weighted by atomic mass is 16.4. The van der Waals surface area contributed by atoms with Gasteiger partial charge in [0.2, 0.25) is 5.95 Å². The summed E-state index contributed by atoms with van der Waals surface area (Å²) in [5.41, 5.74) is 5.07. The van der Waals surface area contributed by atoms with Crippen LogP contribution in [0.15, 0.2) is 35.4 Å². The van der Waals surface area contributed by atoms with Crippen LogP contribution >= 0.6 is 0 Å². The van der Waals surface area contributed by atoms with Gasteiger partial charge >= 0.3 is 5.97 Å². The van der Waals surface area contributed by atoms with Crippen molar-refractivity contribution in [1.29, 1.82) is 0 Å².